The van der Waals surface area contributed by atoms with Gasteiger partial charge in [-0.3, -0.25) is 9.59 Å². The second kappa shape index (κ2) is 6.04. The van der Waals surface area contributed by atoms with E-state index in [0.29, 0.717) is 22.8 Å². The van der Waals surface area contributed by atoms with Gasteiger partial charge in [0, 0.05) is 18.2 Å². The summed E-state index contributed by atoms with van der Waals surface area (Å²) >= 11 is 0. The second-order valence-corrected chi connectivity index (χ2v) is 4.64. The summed E-state index contributed by atoms with van der Waals surface area (Å²) in [6, 6.07) is 8.45. The van der Waals surface area contributed by atoms with Gasteiger partial charge in [0.2, 0.25) is 5.91 Å². The molecule has 2 aromatic rings. The molecule has 0 bridgehead atoms. The van der Waals surface area contributed by atoms with Crippen LogP contribution >= 0.6 is 0 Å². The molecule has 6 nitrogen and oxygen atoms in total. The number of benzene rings is 1. The Morgan fingerprint density at radius 1 is 1.14 bits per heavy atom. The van der Waals surface area contributed by atoms with Crippen LogP contribution in [0.5, 0.6) is 0 Å². The van der Waals surface area contributed by atoms with Gasteiger partial charge in [-0.15, -0.1) is 0 Å². The van der Waals surface area contributed by atoms with E-state index in [-0.39, 0.29) is 11.8 Å². The number of aryl methyl sites for hydroxylation is 1. The van der Waals surface area contributed by atoms with E-state index in [4.69, 9.17) is 5.73 Å². The van der Waals surface area contributed by atoms with Crippen LogP contribution in [0.2, 0.25) is 0 Å². The van der Waals surface area contributed by atoms with E-state index in [9.17, 15) is 9.59 Å². The summed E-state index contributed by atoms with van der Waals surface area (Å²) in [7, 11) is 0. The average molecular weight is 284 g/mol. The number of hydrogen-bond donors (Lipinski definition) is 3. The van der Waals surface area contributed by atoms with E-state index in [1.807, 2.05) is 6.92 Å². The highest BCUT2D eigenvalue weighted by atomic mass is 16.2. The van der Waals surface area contributed by atoms with Crippen molar-refractivity contribution in [1.82, 2.24) is 4.98 Å². The Labute approximate surface area is 122 Å². The average Bonchev–Trinajstić information content (AvgIpc) is 2.43. The number of nitrogen functional groups attached to an aromatic ring is 1. The van der Waals surface area contributed by atoms with E-state index in [1.165, 1.54) is 13.1 Å². The molecule has 0 saturated heterocycles. The normalized spacial score (nSPS) is 10.0. The highest BCUT2D eigenvalue weighted by Crippen LogP contribution is 2.16. The summed E-state index contributed by atoms with van der Waals surface area (Å²) in [5.74, 6) is -0.0239. The molecular formula is C15H16N4O2. The Hall–Kier alpha value is -2.89. The van der Waals surface area contributed by atoms with Crippen molar-refractivity contribution in [3.63, 3.8) is 0 Å². The van der Waals surface area contributed by atoms with Crippen LogP contribution in [-0.2, 0) is 4.79 Å². The van der Waals surface area contributed by atoms with E-state index in [1.54, 1.807) is 30.3 Å². The number of aromatic nitrogens is 1. The van der Waals surface area contributed by atoms with Crippen LogP contribution in [0.15, 0.2) is 36.5 Å². The Balaban J connectivity index is 2.12. The molecule has 1 aromatic heterocycles. The molecule has 0 aliphatic carbocycles. The molecule has 0 aliphatic rings. The number of pyridine rings is 1. The molecule has 0 aliphatic heterocycles. The van der Waals surface area contributed by atoms with Crippen molar-refractivity contribution >= 4 is 29.0 Å². The summed E-state index contributed by atoms with van der Waals surface area (Å²) in [5, 5.41) is 5.29. The highest BCUT2D eigenvalue weighted by molar-refractivity contribution is 6.05. The molecule has 0 radical (unpaired) electrons. The van der Waals surface area contributed by atoms with Crippen LogP contribution < -0.4 is 16.4 Å². The molecule has 21 heavy (non-hydrogen) atoms. The maximum atomic E-state index is 12.2. The van der Waals surface area contributed by atoms with Gasteiger partial charge in [0.15, 0.2) is 0 Å². The van der Waals surface area contributed by atoms with Crippen molar-refractivity contribution in [3.8, 4) is 0 Å². The number of nitrogens with zero attached hydrogens (tertiary/aromatic N) is 1. The first-order valence-electron chi connectivity index (χ1n) is 6.37. The van der Waals surface area contributed by atoms with Gasteiger partial charge in [-0.25, -0.2) is 4.98 Å². The summed E-state index contributed by atoms with van der Waals surface area (Å²) in [6.07, 6.45) is 1.48. The van der Waals surface area contributed by atoms with Gasteiger partial charge in [0.05, 0.1) is 11.9 Å². The van der Waals surface area contributed by atoms with Gasteiger partial charge in [-0.2, -0.15) is 0 Å². The summed E-state index contributed by atoms with van der Waals surface area (Å²) in [5.41, 5.74) is 8.11. The van der Waals surface area contributed by atoms with E-state index >= 15 is 0 Å². The molecule has 6 heteroatoms. The standard InChI is InChI=1S/C15H16N4O2/c1-9-3-4-11(16)7-13(9)15(21)19-12-5-6-14(17-8-12)18-10(2)20/h3-8H,16H2,1-2H3,(H,19,21)(H,17,18,20). The SMILES string of the molecule is CC(=O)Nc1ccc(NC(=O)c2cc(N)ccc2C)cn1. The molecule has 0 unspecified atom stereocenters. The van der Waals surface area contributed by atoms with Gasteiger partial charge in [0.1, 0.15) is 5.82 Å². The number of hydrogen-bond acceptors (Lipinski definition) is 4. The maximum absolute atomic E-state index is 12.2. The lowest BCUT2D eigenvalue weighted by Gasteiger charge is -2.09. The number of anilines is 3. The minimum Gasteiger partial charge on any atom is -0.399 e. The molecule has 108 valence electrons. The van der Waals surface area contributed by atoms with Crippen LogP contribution in [0.4, 0.5) is 17.2 Å². The van der Waals surface area contributed by atoms with Crippen LogP contribution in [0.3, 0.4) is 0 Å². The first kappa shape index (κ1) is 14.5. The van der Waals surface area contributed by atoms with Gasteiger partial charge in [-0.05, 0) is 36.8 Å². The topological polar surface area (TPSA) is 97.1 Å². The molecule has 2 amide bonds. The molecule has 2 rings (SSSR count). The molecular weight excluding hydrogens is 268 g/mol. The predicted molar refractivity (Wildman–Crippen MR) is 82.1 cm³/mol. The molecule has 0 atom stereocenters. The molecule has 1 heterocycles. The second-order valence-electron chi connectivity index (χ2n) is 4.64. The molecule has 0 fully saturated rings. The number of amides is 2. The fourth-order valence-electron chi connectivity index (χ4n) is 1.80. The number of rotatable bonds is 3. The lowest BCUT2D eigenvalue weighted by molar-refractivity contribution is -0.114. The molecule has 0 spiro atoms. The minimum atomic E-state index is -0.256. The van der Waals surface area contributed by atoms with E-state index in [2.05, 4.69) is 15.6 Å². The fourth-order valence-corrected chi connectivity index (χ4v) is 1.80. The van der Waals surface area contributed by atoms with Crippen molar-refractivity contribution in [2.75, 3.05) is 16.4 Å². The first-order valence-corrected chi connectivity index (χ1v) is 6.37. The Morgan fingerprint density at radius 2 is 1.90 bits per heavy atom. The van der Waals surface area contributed by atoms with Crippen molar-refractivity contribution < 1.29 is 9.59 Å². The molecule has 1 aromatic carbocycles. The summed E-state index contributed by atoms with van der Waals surface area (Å²) < 4.78 is 0. The van der Waals surface area contributed by atoms with Gasteiger partial charge in [-0.1, -0.05) is 6.07 Å². The van der Waals surface area contributed by atoms with E-state index < -0.39 is 0 Å². The number of carbonyl (C=O) groups is 2. The Bertz CT molecular complexity index is 681. The number of carbonyl (C=O) groups excluding carboxylic acids is 2. The first-order chi connectivity index (χ1) is 9.95. The zero-order chi connectivity index (χ0) is 15.4. The molecule has 0 saturated carbocycles. The highest BCUT2D eigenvalue weighted by Gasteiger charge is 2.10. The summed E-state index contributed by atoms with van der Waals surface area (Å²) in [6.45, 7) is 3.24. The zero-order valence-corrected chi connectivity index (χ0v) is 11.8. The maximum Gasteiger partial charge on any atom is 0.256 e. The lowest BCUT2D eigenvalue weighted by Crippen LogP contribution is -2.14. The molecule has 4 N–H and O–H groups in total. The zero-order valence-electron chi connectivity index (χ0n) is 11.8. The Morgan fingerprint density at radius 3 is 2.52 bits per heavy atom. The van der Waals surface area contributed by atoms with Crippen LogP contribution in [0, 0.1) is 6.92 Å². The van der Waals surface area contributed by atoms with Gasteiger partial charge >= 0.3 is 0 Å². The lowest BCUT2D eigenvalue weighted by atomic mass is 10.1. The minimum absolute atomic E-state index is 0.199. The van der Waals surface area contributed by atoms with Crippen LogP contribution in [0.25, 0.3) is 0 Å². The quantitative estimate of drug-likeness (QED) is 0.752. The Kier molecular flexibility index (Phi) is 4.18. The monoisotopic (exact) mass is 284 g/mol. The smallest absolute Gasteiger partial charge is 0.256 e. The van der Waals surface area contributed by atoms with Gasteiger partial charge in [0.25, 0.3) is 5.91 Å². The largest absolute Gasteiger partial charge is 0.399 e. The van der Waals surface area contributed by atoms with Crippen molar-refractivity contribution in [3.05, 3.63) is 47.7 Å². The van der Waals surface area contributed by atoms with E-state index in [0.717, 1.165) is 5.56 Å². The van der Waals surface area contributed by atoms with Crippen LogP contribution in [-0.4, -0.2) is 16.8 Å². The number of nitrogens with one attached hydrogen (secondary N) is 2. The van der Waals surface area contributed by atoms with Crippen molar-refractivity contribution in [2.24, 2.45) is 0 Å². The third kappa shape index (κ3) is 3.79. The predicted octanol–water partition coefficient (Wildman–Crippen LogP) is 2.18. The summed E-state index contributed by atoms with van der Waals surface area (Å²) in [4.78, 5) is 27.1. The van der Waals surface area contributed by atoms with Crippen molar-refractivity contribution in [2.45, 2.75) is 13.8 Å². The van der Waals surface area contributed by atoms with Crippen molar-refractivity contribution in [1.29, 1.82) is 0 Å². The third-order valence-electron chi connectivity index (χ3n) is 2.83. The fraction of sp³-hybridized carbons (Fsp3) is 0.133. The van der Waals surface area contributed by atoms with Crippen LogP contribution in [0.1, 0.15) is 22.8 Å². The third-order valence-corrected chi connectivity index (χ3v) is 2.83. The van der Waals surface area contributed by atoms with Gasteiger partial charge < -0.3 is 16.4 Å². The number of nitrogens with two attached hydrogens (primary N) is 1.